The topological polar surface area (TPSA) is 102 Å². The molecule has 0 atom stereocenters. The number of sulfone groups is 1. The normalized spacial score (nSPS) is 14.0. The summed E-state index contributed by atoms with van der Waals surface area (Å²) in [4.78, 5) is 24.2. The van der Waals surface area contributed by atoms with Crippen LogP contribution in [0.15, 0.2) is 51.8 Å². The predicted octanol–water partition coefficient (Wildman–Crippen LogP) is 2.97. The number of hydrogen-bond acceptors (Lipinski definition) is 5. The second-order valence-electron chi connectivity index (χ2n) is 6.47. The molecule has 2 amide bonds. The molecule has 9 heteroatoms. The maximum absolute atomic E-state index is 12.9. The van der Waals surface area contributed by atoms with E-state index in [4.69, 9.17) is 4.74 Å². The van der Waals surface area contributed by atoms with Gasteiger partial charge in [0.1, 0.15) is 10.5 Å². The number of anilines is 2. The van der Waals surface area contributed by atoms with Gasteiger partial charge < -0.3 is 15.4 Å². The van der Waals surface area contributed by atoms with Gasteiger partial charge >= 0.3 is 0 Å². The molecular formula is C18H17BrN2O5S. The van der Waals surface area contributed by atoms with E-state index in [2.05, 4.69) is 26.6 Å². The minimum Gasteiger partial charge on any atom is -0.482 e. The monoisotopic (exact) mass is 452 g/mol. The lowest BCUT2D eigenvalue weighted by molar-refractivity contribution is -0.119. The third kappa shape index (κ3) is 3.70. The van der Waals surface area contributed by atoms with Crippen molar-refractivity contribution < 1.29 is 22.7 Å². The summed E-state index contributed by atoms with van der Waals surface area (Å²) < 4.78 is 30.1. The molecule has 1 aliphatic heterocycles. The summed E-state index contributed by atoms with van der Waals surface area (Å²) in [6.45, 7) is 2.63. The maximum atomic E-state index is 12.9. The minimum absolute atomic E-state index is 0.0527. The largest absolute Gasteiger partial charge is 0.482 e. The zero-order valence-electron chi connectivity index (χ0n) is 14.6. The number of carbonyl (C=O) groups excluding carboxylic acids is 2. The van der Waals surface area contributed by atoms with E-state index < -0.39 is 20.5 Å². The van der Waals surface area contributed by atoms with Crippen molar-refractivity contribution in [1.82, 2.24) is 0 Å². The van der Waals surface area contributed by atoms with Gasteiger partial charge in [-0.2, -0.15) is 0 Å². The Hall–Kier alpha value is -2.39. The van der Waals surface area contributed by atoms with Crippen LogP contribution in [0, 0.1) is 0 Å². The van der Waals surface area contributed by atoms with Crippen LogP contribution in [0.2, 0.25) is 0 Å². The van der Waals surface area contributed by atoms with Crippen LogP contribution in [0.1, 0.15) is 13.8 Å². The third-order valence-electron chi connectivity index (χ3n) is 4.21. The highest BCUT2D eigenvalue weighted by Crippen LogP contribution is 2.32. The van der Waals surface area contributed by atoms with Gasteiger partial charge in [0.05, 0.1) is 10.6 Å². The number of rotatable bonds is 4. The highest BCUT2D eigenvalue weighted by Gasteiger charge is 2.42. The van der Waals surface area contributed by atoms with Gasteiger partial charge in [0.15, 0.2) is 16.4 Å². The fraction of sp³-hybridized carbons (Fsp3) is 0.222. The summed E-state index contributed by atoms with van der Waals surface area (Å²) in [5.74, 6) is -0.508. The summed E-state index contributed by atoms with van der Waals surface area (Å²) in [6.07, 6.45) is 0. The quantitative estimate of drug-likeness (QED) is 0.742. The SMILES string of the molecule is CC(C)(C(=O)Nc1ccc2c(c1)NC(=O)CO2)S(=O)(=O)c1ccc(Br)cc1. The van der Waals surface area contributed by atoms with Crippen LogP contribution in [0.4, 0.5) is 11.4 Å². The van der Waals surface area contributed by atoms with E-state index in [1.807, 2.05) is 0 Å². The average molecular weight is 453 g/mol. The lowest BCUT2D eigenvalue weighted by Gasteiger charge is -2.24. The molecule has 1 heterocycles. The van der Waals surface area contributed by atoms with Crippen molar-refractivity contribution in [2.75, 3.05) is 17.2 Å². The first kappa shape index (κ1) is 19.4. The highest BCUT2D eigenvalue weighted by atomic mass is 79.9. The van der Waals surface area contributed by atoms with E-state index in [0.29, 0.717) is 17.1 Å². The first-order valence-electron chi connectivity index (χ1n) is 7.99. The first-order chi connectivity index (χ1) is 12.6. The van der Waals surface area contributed by atoms with Crippen molar-refractivity contribution >= 4 is 49.0 Å². The first-order valence-corrected chi connectivity index (χ1v) is 10.3. The number of ether oxygens (including phenoxy) is 1. The van der Waals surface area contributed by atoms with E-state index in [1.165, 1.54) is 32.0 Å². The molecular weight excluding hydrogens is 436 g/mol. The van der Waals surface area contributed by atoms with Crippen LogP contribution < -0.4 is 15.4 Å². The van der Waals surface area contributed by atoms with Gasteiger partial charge in [-0.25, -0.2) is 8.42 Å². The molecule has 142 valence electrons. The fourth-order valence-corrected chi connectivity index (χ4v) is 4.12. The molecule has 27 heavy (non-hydrogen) atoms. The molecule has 0 saturated carbocycles. The van der Waals surface area contributed by atoms with Crippen LogP contribution in [0.25, 0.3) is 0 Å². The van der Waals surface area contributed by atoms with Crippen molar-refractivity contribution in [2.45, 2.75) is 23.5 Å². The number of hydrogen-bond donors (Lipinski definition) is 2. The van der Waals surface area contributed by atoms with E-state index in [-0.39, 0.29) is 17.4 Å². The van der Waals surface area contributed by atoms with Crippen LogP contribution in [-0.2, 0) is 19.4 Å². The molecule has 0 aliphatic carbocycles. The Labute approximate surface area is 165 Å². The predicted molar refractivity (Wildman–Crippen MR) is 105 cm³/mol. The van der Waals surface area contributed by atoms with Gasteiger partial charge in [0.2, 0.25) is 5.91 Å². The molecule has 3 rings (SSSR count). The Morgan fingerprint density at radius 2 is 1.85 bits per heavy atom. The molecule has 0 radical (unpaired) electrons. The molecule has 2 N–H and O–H groups in total. The fourth-order valence-electron chi connectivity index (χ4n) is 2.47. The van der Waals surface area contributed by atoms with E-state index in [0.717, 1.165) is 4.47 Å². The van der Waals surface area contributed by atoms with Gasteiger partial charge in [-0.3, -0.25) is 9.59 Å². The number of carbonyl (C=O) groups is 2. The highest BCUT2D eigenvalue weighted by molar-refractivity contribution is 9.10. The average Bonchev–Trinajstić information content (AvgIpc) is 2.61. The molecule has 0 unspecified atom stereocenters. The Kier molecular flexibility index (Phi) is 5.00. The summed E-state index contributed by atoms with van der Waals surface area (Å²) in [7, 11) is -3.93. The van der Waals surface area contributed by atoms with Gasteiger partial charge in [0, 0.05) is 10.2 Å². The van der Waals surface area contributed by atoms with E-state index in [1.54, 1.807) is 24.3 Å². The zero-order chi connectivity index (χ0) is 19.8. The third-order valence-corrected chi connectivity index (χ3v) is 7.16. The number of halogens is 1. The summed E-state index contributed by atoms with van der Waals surface area (Å²) in [5, 5.41) is 5.24. The van der Waals surface area contributed by atoms with E-state index in [9.17, 15) is 18.0 Å². The molecule has 1 aliphatic rings. The van der Waals surface area contributed by atoms with E-state index >= 15 is 0 Å². The van der Waals surface area contributed by atoms with Crippen molar-refractivity contribution in [3.8, 4) is 5.75 Å². The second-order valence-corrected chi connectivity index (χ2v) is 9.88. The standard InChI is InChI=1S/C18H17BrN2O5S/c1-18(2,27(24,25)13-6-3-11(19)4-7-13)17(23)20-12-5-8-15-14(9-12)21-16(22)10-26-15/h3-9H,10H2,1-2H3,(H,20,23)(H,21,22). The molecule has 0 aromatic heterocycles. The summed E-state index contributed by atoms with van der Waals surface area (Å²) in [5.41, 5.74) is 0.765. The Morgan fingerprint density at radius 3 is 2.52 bits per heavy atom. The van der Waals surface area contributed by atoms with Crippen LogP contribution in [0.3, 0.4) is 0 Å². The van der Waals surface area contributed by atoms with Crippen molar-refractivity contribution in [3.63, 3.8) is 0 Å². The molecule has 2 aromatic carbocycles. The van der Waals surface area contributed by atoms with Crippen LogP contribution >= 0.6 is 15.9 Å². The zero-order valence-corrected chi connectivity index (χ0v) is 17.0. The van der Waals surface area contributed by atoms with Gasteiger partial charge in [-0.05, 0) is 56.3 Å². The lowest BCUT2D eigenvalue weighted by atomic mass is 10.1. The Balaban J connectivity index is 1.85. The Bertz CT molecular complexity index is 1020. The van der Waals surface area contributed by atoms with Gasteiger partial charge in [-0.15, -0.1) is 0 Å². The smallest absolute Gasteiger partial charge is 0.262 e. The lowest BCUT2D eigenvalue weighted by Crippen LogP contribution is -2.44. The van der Waals surface area contributed by atoms with Crippen LogP contribution in [-0.4, -0.2) is 31.6 Å². The Morgan fingerprint density at radius 1 is 1.19 bits per heavy atom. The molecule has 0 saturated heterocycles. The molecule has 7 nitrogen and oxygen atoms in total. The number of amides is 2. The van der Waals surface area contributed by atoms with Crippen molar-refractivity contribution in [3.05, 3.63) is 46.9 Å². The minimum atomic E-state index is -3.93. The molecule has 0 fully saturated rings. The molecule has 0 spiro atoms. The maximum Gasteiger partial charge on any atom is 0.262 e. The van der Waals surface area contributed by atoms with Gasteiger partial charge in [-0.1, -0.05) is 15.9 Å². The van der Waals surface area contributed by atoms with Crippen LogP contribution in [0.5, 0.6) is 5.75 Å². The molecule has 2 aromatic rings. The number of nitrogens with one attached hydrogen (secondary N) is 2. The number of fused-ring (bicyclic) bond motifs is 1. The van der Waals surface area contributed by atoms with Gasteiger partial charge in [0.25, 0.3) is 5.91 Å². The summed E-state index contributed by atoms with van der Waals surface area (Å²) >= 11 is 3.26. The second kappa shape index (κ2) is 6.97. The summed E-state index contributed by atoms with van der Waals surface area (Å²) in [6, 6.07) is 10.8. The molecule has 0 bridgehead atoms. The van der Waals surface area contributed by atoms with Crippen molar-refractivity contribution in [2.24, 2.45) is 0 Å². The van der Waals surface area contributed by atoms with Crippen molar-refractivity contribution in [1.29, 1.82) is 0 Å². The number of benzene rings is 2.